The fraction of sp³-hybridized carbons (Fsp3) is 0.462. The molecule has 1 fully saturated rings. The molecule has 0 spiro atoms. The van der Waals surface area contributed by atoms with E-state index in [0.717, 1.165) is 38.4 Å². The third-order valence-corrected chi connectivity index (χ3v) is 3.84. The first-order chi connectivity index (χ1) is 9.38. The second-order valence-corrected chi connectivity index (χ2v) is 5.54. The second-order valence-electron chi connectivity index (χ2n) is 4.68. The van der Waals surface area contributed by atoms with Crippen molar-refractivity contribution in [2.24, 2.45) is 0 Å². The molecule has 3 nitrogen and oxygen atoms in total. The molecule has 1 aliphatic rings. The Kier molecular flexibility index (Phi) is 4.70. The Morgan fingerprint density at radius 3 is 2.45 bits per heavy atom. The van der Waals surface area contributed by atoms with Crippen molar-refractivity contribution in [3.8, 4) is 0 Å². The summed E-state index contributed by atoms with van der Waals surface area (Å²) in [5, 5.41) is 1.75. The largest absolute Gasteiger partial charge is 0.417 e. The topological polar surface area (TPSA) is 32.3 Å². The minimum absolute atomic E-state index is 0.00565. The van der Waals surface area contributed by atoms with Crippen molar-refractivity contribution in [3.63, 3.8) is 0 Å². The number of amides is 1. The number of benzene rings is 1. The van der Waals surface area contributed by atoms with E-state index < -0.39 is 17.6 Å². The first-order valence-electron chi connectivity index (χ1n) is 6.30. The molecule has 0 aromatic heterocycles. The van der Waals surface area contributed by atoms with Crippen LogP contribution in [0.1, 0.15) is 35.2 Å². The maximum Gasteiger partial charge on any atom is 0.417 e. The highest BCUT2D eigenvalue weighted by molar-refractivity contribution is 9.10. The highest BCUT2D eigenvalue weighted by Gasteiger charge is 2.33. The number of hydrazine groups is 1. The van der Waals surface area contributed by atoms with Crippen molar-refractivity contribution >= 4 is 21.8 Å². The van der Waals surface area contributed by atoms with Gasteiger partial charge < -0.3 is 0 Å². The zero-order valence-corrected chi connectivity index (χ0v) is 12.2. The number of hydrogen-bond acceptors (Lipinski definition) is 2. The van der Waals surface area contributed by atoms with Crippen molar-refractivity contribution in [1.82, 2.24) is 10.4 Å². The van der Waals surface area contributed by atoms with Gasteiger partial charge in [0.2, 0.25) is 0 Å². The van der Waals surface area contributed by atoms with E-state index in [1.54, 1.807) is 5.01 Å². The monoisotopic (exact) mass is 350 g/mol. The quantitative estimate of drug-likeness (QED) is 0.883. The molecular formula is C13H14BrF3N2O. The summed E-state index contributed by atoms with van der Waals surface area (Å²) in [5.41, 5.74) is 1.81. The number of rotatable bonds is 2. The summed E-state index contributed by atoms with van der Waals surface area (Å²) in [5.74, 6) is -0.509. The van der Waals surface area contributed by atoms with E-state index in [0.29, 0.717) is 0 Å². The summed E-state index contributed by atoms with van der Waals surface area (Å²) in [6, 6.07) is 3.48. The van der Waals surface area contributed by atoms with Crippen LogP contribution in [0, 0.1) is 0 Å². The van der Waals surface area contributed by atoms with Crippen LogP contribution in [0.3, 0.4) is 0 Å². The Hall–Kier alpha value is -1.08. The highest BCUT2D eigenvalue weighted by atomic mass is 79.9. The van der Waals surface area contributed by atoms with Crippen molar-refractivity contribution < 1.29 is 18.0 Å². The van der Waals surface area contributed by atoms with Gasteiger partial charge in [-0.1, -0.05) is 22.4 Å². The van der Waals surface area contributed by atoms with Gasteiger partial charge in [0.1, 0.15) is 0 Å². The van der Waals surface area contributed by atoms with Crippen LogP contribution >= 0.6 is 15.9 Å². The molecular weight excluding hydrogens is 337 g/mol. The molecule has 2 rings (SSSR count). The van der Waals surface area contributed by atoms with Gasteiger partial charge in [-0.3, -0.25) is 10.2 Å². The molecule has 0 unspecified atom stereocenters. The smallest absolute Gasteiger partial charge is 0.285 e. The molecule has 1 aromatic carbocycles. The molecule has 0 radical (unpaired) electrons. The normalized spacial score (nSPS) is 17.0. The van der Waals surface area contributed by atoms with Crippen molar-refractivity contribution in [1.29, 1.82) is 0 Å². The molecule has 0 saturated carbocycles. The van der Waals surface area contributed by atoms with Crippen LogP contribution in [0.5, 0.6) is 0 Å². The van der Waals surface area contributed by atoms with Crippen LogP contribution in [-0.2, 0) is 6.18 Å². The number of alkyl halides is 3. The Balaban J connectivity index is 2.13. The minimum Gasteiger partial charge on any atom is -0.285 e. The van der Waals surface area contributed by atoms with Gasteiger partial charge in [0.15, 0.2) is 0 Å². The zero-order valence-electron chi connectivity index (χ0n) is 10.6. The highest BCUT2D eigenvalue weighted by Crippen LogP contribution is 2.35. The van der Waals surface area contributed by atoms with Gasteiger partial charge in [0.25, 0.3) is 5.91 Å². The summed E-state index contributed by atoms with van der Waals surface area (Å²) >= 11 is 2.85. The number of piperidine rings is 1. The predicted octanol–water partition coefficient (Wildman–Crippen LogP) is 3.60. The molecule has 0 bridgehead atoms. The van der Waals surface area contributed by atoms with Crippen LogP contribution in [0.4, 0.5) is 13.2 Å². The number of hydrogen-bond donors (Lipinski definition) is 1. The van der Waals surface area contributed by atoms with Gasteiger partial charge in [-0.25, -0.2) is 5.01 Å². The summed E-state index contributed by atoms with van der Waals surface area (Å²) in [6.45, 7) is 1.46. The first-order valence-corrected chi connectivity index (χ1v) is 7.10. The second kappa shape index (κ2) is 6.13. The average Bonchev–Trinajstić information content (AvgIpc) is 2.39. The number of carbonyl (C=O) groups excluding carboxylic acids is 1. The van der Waals surface area contributed by atoms with Crippen LogP contribution in [-0.4, -0.2) is 24.0 Å². The number of carbonyl (C=O) groups is 1. The van der Waals surface area contributed by atoms with Crippen LogP contribution in [0.25, 0.3) is 0 Å². The van der Waals surface area contributed by atoms with E-state index in [4.69, 9.17) is 0 Å². The standard InChI is InChI=1S/C13H14BrF3N2O/c14-11-5-4-9(8-10(11)13(15,16)17)12(20)18-19-6-2-1-3-7-19/h4-5,8H,1-3,6-7H2,(H,18,20). The average molecular weight is 351 g/mol. The van der Waals surface area contributed by atoms with E-state index in [2.05, 4.69) is 21.4 Å². The third kappa shape index (κ3) is 3.73. The number of nitrogens with zero attached hydrogens (tertiary/aromatic N) is 1. The van der Waals surface area contributed by atoms with Crippen molar-refractivity contribution in [2.75, 3.05) is 13.1 Å². The van der Waals surface area contributed by atoms with Crippen molar-refractivity contribution in [2.45, 2.75) is 25.4 Å². The molecule has 1 amide bonds. The molecule has 1 N–H and O–H groups in total. The van der Waals surface area contributed by atoms with Gasteiger partial charge >= 0.3 is 6.18 Å². The fourth-order valence-corrected chi connectivity index (χ4v) is 2.57. The molecule has 0 aliphatic carbocycles. The van der Waals surface area contributed by atoms with Crippen molar-refractivity contribution in [3.05, 3.63) is 33.8 Å². The minimum atomic E-state index is -4.49. The van der Waals surface area contributed by atoms with Gasteiger partial charge in [-0.2, -0.15) is 13.2 Å². The Bertz CT molecular complexity index is 499. The van der Waals surface area contributed by atoms with E-state index in [9.17, 15) is 18.0 Å². The first kappa shape index (κ1) is 15.3. The maximum atomic E-state index is 12.8. The summed E-state index contributed by atoms with van der Waals surface area (Å²) < 4.78 is 38.3. The third-order valence-electron chi connectivity index (χ3n) is 3.15. The van der Waals surface area contributed by atoms with E-state index in [1.165, 1.54) is 12.1 Å². The molecule has 0 atom stereocenters. The summed E-state index contributed by atoms with van der Waals surface area (Å²) in [4.78, 5) is 12.0. The van der Waals surface area contributed by atoms with E-state index in [1.807, 2.05) is 0 Å². The summed E-state index contributed by atoms with van der Waals surface area (Å²) in [7, 11) is 0. The van der Waals surface area contributed by atoms with Crippen LogP contribution in [0.15, 0.2) is 22.7 Å². The van der Waals surface area contributed by atoms with Crippen LogP contribution in [0.2, 0.25) is 0 Å². The molecule has 7 heteroatoms. The van der Waals surface area contributed by atoms with Crippen LogP contribution < -0.4 is 5.43 Å². The molecule has 20 heavy (non-hydrogen) atoms. The Morgan fingerprint density at radius 1 is 1.20 bits per heavy atom. The molecule has 110 valence electrons. The van der Waals surface area contributed by atoms with Gasteiger partial charge in [-0.05, 0) is 31.0 Å². The molecule has 1 heterocycles. The molecule has 1 aliphatic heterocycles. The summed E-state index contributed by atoms with van der Waals surface area (Å²) in [6.07, 6.45) is -1.41. The maximum absolute atomic E-state index is 12.8. The van der Waals surface area contributed by atoms with Gasteiger partial charge in [0.05, 0.1) is 5.56 Å². The lowest BCUT2D eigenvalue weighted by molar-refractivity contribution is -0.138. The van der Waals surface area contributed by atoms with Gasteiger partial charge in [-0.15, -0.1) is 0 Å². The fourth-order valence-electron chi connectivity index (χ4n) is 2.10. The SMILES string of the molecule is O=C(NN1CCCCC1)c1ccc(Br)c(C(F)(F)F)c1. The zero-order chi connectivity index (χ0) is 14.8. The lowest BCUT2D eigenvalue weighted by Gasteiger charge is -2.26. The van der Waals surface area contributed by atoms with E-state index >= 15 is 0 Å². The Labute approximate surface area is 123 Å². The predicted molar refractivity (Wildman–Crippen MR) is 72.0 cm³/mol. The lowest BCUT2D eigenvalue weighted by Crippen LogP contribution is -2.45. The molecule has 1 saturated heterocycles. The Morgan fingerprint density at radius 2 is 1.85 bits per heavy atom. The number of halogens is 4. The molecule has 1 aromatic rings. The lowest BCUT2D eigenvalue weighted by atomic mass is 10.1. The van der Waals surface area contributed by atoms with E-state index in [-0.39, 0.29) is 10.0 Å². The van der Waals surface area contributed by atoms with Gasteiger partial charge in [0, 0.05) is 23.1 Å². The number of nitrogens with one attached hydrogen (secondary N) is 1.